The van der Waals surface area contributed by atoms with E-state index in [4.69, 9.17) is 16.3 Å². The fourth-order valence-electron chi connectivity index (χ4n) is 5.93. The number of rotatable bonds is 13. The van der Waals surface area contributed by atoms with Gasteiger partial charge in [0.2, 0.25) is 11.8 Å². The van der Waals surface area contributed by atoms with Gasteiger partial charge in [-0.05, 0) is 73.4 Å². The standard InChI is InChI=1S/C37H39BrClN3O5S/c1-26-15-18-32(19-16-26)48(45,46)42(31-17-20-35(47-2)33(39)23-31)25-36(43)41(24-28-11-8-12-29(38)21-28)34(22-27-9-4-3-5-10-27)37(44)40-30-13-6-7-14-30/h3-5,8-12,15-21,23,30,34H,6-7,13-14,22,24-25H2,1-2H3,(H,40,44)/t34-/m1/s1. The van der Waals surface area contributed by atoms with Gasteiger partial charge in [0.15, 0.2) is 0 Å². The molecule has 1 fully saturated rings. The summed E-state index contributed by atoms with van der Waals surface area (Å²) in [4.78, 5) is 30.4. The molecule has 48 heavy (non-hydrogen) atoms. The molecule has 2 amide bonds. The van der Waals surface area contributed by atoms with Gasteiger partial charge in [-0.2, -0.15) is 0 Å². The van der Waals surface area contributed by atoms with Crippen LogP contribution in [0.4, 0.5) is 5.69 Å². The Labute approximate surface area is 296 Å². The molecule has 252 valence electrons. The van der Waals surface area contributed by atoms with E-state index < -0.39 is 28.5 Å². The van der Waals surface area contributed by atoms with E-state index in [1.54, 1.807) is 24.3 Å². The molecule has 1 saturated carbocycles. The molecule has 11 heteroatoms. The van der Waals surface area contributed by atoms with Crippen molar-refractivity contribution in [3.63, 3.8) is 0 Å². The van der Waals surface area contributed by atoms with Crippen LogP contribution in [0.5, 0.6) is 5.75 Å². The highest BCUT2D eigenvalue weighted by Gasteiger charge is 2.35. The van der Waals surface area contributed by atoms with Gasteiger partial charge in [0.1, 0.15) is 18.3 Å². The predicted octanol–water partition coefficient (Wildman–Crippen LogP) is 7.31. The highest BCUT2D eigenvalue weighted by molar-refractivity contribution is 9.10. The molecule has 0 spiro atoms. The van der Waals surface area contributed by atoms with Crippen LogP contribution in [0.2, 0.25) is 5.02 Å². The summed E-state index contributed by atoms with van der Waals surface area (Å²) in [5, 5.41) is 3.38. The number of hydrogen-bond donors (Lipinski definition) is 1. The van der Waals surface area contributed by atoms with Crippen LogP contribution in [0.3, 0.4) is 0 Å². The van der Waals surface area contributed by atoms with Crippen molar-refractivity contribution in [3.05, 3.63) is 123 Å². The molecule has 1 N–H and O–H groups in total. The molecule has 5 rings (SSSR count). The molecular formula is C37H39BrClN3O5S. The van der Waals surface area contributed by atoms with Gasteiger partial charge < -0.3 is 15.0 Å². The van der Waals surface area contributed by atoms with Gasteiger partial charge in [-0.25, -0.2) is 8.42 Å². The average Bonchev–Trinajstić information content (AvgIpc) is 3.58. The Hall–Kier alpha value is -3.86. The van der Waals surface area contributed by atoms with Crippen molar-refractivity contribution in [2.75, 3.05) is 18.0 Å². The molecule has 0 heterocycles. The number of carbonyl (C=O) groups excluding carboxylic acids is 2. The van der Waals surface area contributed by atoms with Crippen molar-refractivity contribution < 1.29 is 22.7 Å². The molecule has 8 nitrogen and oxygen atoms in total. The number of nitrogens with zero attached hydrogens (tertiary/aromatic N) is 2. The summed E-state index contributed by atoms with van der Waals surface area (Å²) in [5.41, 5.74) is 2.74. The molecule has 1 atom stereocenters. The van der Waals surface area contributed by atoms with Crippen LogP contribution < -0.4 is 14.4 Å². The van der Waals surface area contributed by atoms with Gasteiger partial charge in [0, 0.05) is 23.5 Å². The van der Waals surface area contributed by atoms with Crippen molar-refractivity contribution in [2.24, 2.45) is 0 Å². The van der Waals surface area contributed by atoms with Crippen LogP contribution in [0.25, 0.3) is 0 Å². The number of sulfonamides is 1. The molecular weight excluding hydrogens is 714 g/mol. The summed E-state index contributed by atoms with van der Waals surface area (Å²) in [6.07, 6.45) is 4.07. The zero-order valence-electron chi connectivity index (χ0n) is 26.9. The number of nitrogens with one attached hydrogen (secondary N) is 1. The minimum Gasteiger partial charge on any atom is -0.495 e. The van der Waals surface area contributed by atoms with Gasteiger partial charge in [-0.1, -0.05) is 101 Å². The zero-order chi connectivity index (χ0) is 34.3. The summed E-state index contributed by atoms with van der Waals surface area (Å²) >= 11 is 10.00. The lowest BCUT2D eigenvalue weighted by molar-refractivity contribution is -0.140. The molecule has 0 aromatic heterocycles. The molecule has 4 aromatic carbocycles. The van der Waals surface area contributed by atoms with Crippen molar-refractivity contribution >= 4 is 55.1 Å². The lowest BCUT2D eigenvalue weighted by Crippen LogP contribution is -2.54. The monoisotopic (exact) mass is 751 g/mol. The quantitative estimate of drug-likeness (QED) is 0.155. The number of amides is 2. The normalized spacial score (nSPS) is 13.9. The zero-order valence-corrected chi connectivity index (χ0v) is 30.1. The second-order valence-corrected chi connectivity index (χ2v) is 15.2. The summed E-state index contributed by atoms with van der Waals surface area (Å²) in [6, 6.07) is 27.2. The Morgan fingerprint density at radius 1 is 0.938 bits per heavy atom. The van der Waals surface area contributed by atoms with E-state index >= 15 is 0 Å². The van der Waals surface area contributed by atoms with Gasteiger partial charge in [0.25, 0.3) is 10.0 Å². The fourth-order valence-corrected chi connectivity index (χ4v) is 8.03. The first-order valence-electron chi connectivity index (χ1n) is 15.9. The van der Waals surface area contributed by atoms with Gasteiger partial charge in [0.05, 0.1) is 22.7 Å². The minimum atomic E-state index is -4.26. The van der Waals surface area contributed by atoms with E-state index in [0.717, 1.165) is 51.2 Å². The van der Waals surface area contributed by atoms with E-state index in [0.29, 0.717) is 5.75 Å². The largest absolute Gasteiger partial charge is 0.495 e. The SMILES string of the molecule is COc1ccc(N(CC(=O)N(Cc2cccc(Br)c2)[C@H](Cc2ccccc2)C(=O)NC2CCCC2)S(=O)(=O)c2ccc(C)cc2)cc1Cl. The maximum absolute atomic E-state index is 14.7. The van der Waals surface area contributed by atoms with Crippen molar-refractivity contribution in [3.8, 4) is 5.75 Å². The maximum atomic E-state index is 14.7. The number of methoxy groups -OCH3 is 1. The third-order valence-corrected chi connectivity index (χ3v) is 11.1. The number of halogens is 2. The maximum Gasteiger partial charge on any atom is 0.264 e. The van der Waals surface area contributed by atoms with Gasteiger partial charge >= 0.3 is 0 Å². The van der Waals surface area contributed by atoms with Crippen molar-refractivity contribution in [1.29, 1.82) is 0 Å². The van der Waals surface area contributed by atoms with Crippen LogP contribution in [0.15, 0.2) is 106 Å². The second kappa shape index (κ2) is 16.0. The topological polar surface area (TPSA) is 96.0 Å². The summed E-state index contributed by atoms with van der Waals surface area (Å²) in [6.45, 7) is 1.37. The molecule has 4 aromatic rings. The van der Waals surface area contributed by atoms with Gasteiger partial charge in [-0.15, -0.1) is 0 Å². The molecule has 0 saturated heterocycles. The smallest absolute Gasteiger partial charge is 0.264 e. The van der Waals surface area contributed by atoms with Crippen molar-refractivity contribution in [1.82, 2.24) is 10.2 Å². The highest BCUT2D eigenvalue weighted by Crippen LogP contribution is 2.32. The molecule has 1 aliphatic carbocycles. The first-order valence-corrected chi connectivity index (χ1v) is 18.5. The first-order chi connectivity index (χ1) is 23.0. The Kier molecular flexibility index (Phi) is 11.8. The predicted molar refractivity (Wildman–Crippen MR) is 193 cm³/mol. The number of aryl methyl sites for hydroxylation is 1. The molecule has 0 aliphatic heterocycles. The summed E-state index contributed by atoms with van der Waals surface area (Å²) < 4.78 is 35.8. The highest BCUT2D eigenvalue weighted by atomic mass is 79.9. The van der Waals surface area contributed by atoms with Gasteiger partial charge in [-0.3, -0.25) is 13.9 Å². The third-order valence-electron chi connectivity index (χ3n) is 8.53. The lowest BCUT2D eigenvalue weighted by Gasteiger charge is -2.34. The first kappa shape index (κ1) is 35.4. The second-order valence-electron chi connectivity index (χ2n) is 12.0. The average molecular weight is 753 g/mol. The van der Waals surface area contributed by atoms with E-state index in [-0.39, 0.29) is 40.5 Å². The number of carbonyl (C=O) groups is 2. The number of hydrogen-bond acceptors (Lipinski definition) is 5. The van der Waals surface area contributed by atoms with Crippen molar-refractivity contribution in [2.45, 2.75) is 62.6 Å². The number of ether oxygens (including phenoxy) is 1. The number of anilines is 1. The Morgan fingerprint density at radius 2 is 1.62 bits per heavy atom. The minimum absolute atomic E-state index is 0.0196. The van der Waals surface area contributed by atoms with Crippen LogP contribution in [0.1, 0.15) is 42.4 Å². The summed E-state index contributed by atoms with van der Waals surface area (Å²) in [7, 11) is -2.79. The fraction of sp³-hybridized carbons (Fsp3) is 0.297. The lowest BCUT2D eigenvalue weighted by atomic mass is 10.0. The molecule has 1 aliphatic rings. The Balaban J connectivity index is 1.58. The summed E-state index contributed by atoms with van der Waals surface area (Å²) in [5.74, 6) is -0.447. The van der Waals surface area contributed by atoms with Crippen LogP contribution in [0, 0.1) is 6.92 Å². The third kappa shape index (κ3) is 8.78. The van der Waals surface area contributed by atoms with E-state index in [1.807, 2.05) is 61.5 Å². The van der Waals surface area contributed by atoms with E-state index in [1.165, 1.54) is 30.2 Å². The molecule has 0 radical (unpaired) electrons. The van der Waals surface area contributed by atoms with E-state index in [2.05, 4.69) is 21.2 Å². The van der Waals surface area contributed by atoms with Crippen LogP contribution >= 0.6 is 27.5 Å². The molecule has 0 unspecified atom stereocenters. The Morgan fingerprint density at radius 3 is 2.27 bits per heavy atom. The van der Waals surface area contributed by atoms with E-state index in [9.17, 15) is 18.0 Å². The van der Waals surface area contributed by atoms with Crippen LogP contribution in [-0.4, -0.2) is 50.9 Å². The number of benzene rings is 4. The van der Waals surface area contributed by atoms with Crippen LogP contribution in [-0.2, 0) is 32.6 Å². The molecule has 0 bridgehead atoms. The Bertz CT molecular complexity index is 1830.